The molecule has 0 aromatic heterocycles. The molecule has 32 heavy (non-hydrogen) atoms. The van der Waals surface area contributed by atoms with Crippen LogP contribution in [0.25, 0.3) is 0 Å². The number of nitrogens with one attached hydrogen (secondary N) is 1. The Morgan fingerprint density at radius 3 is 2.53 bits per heavy atom. The molecule has 1 amide bonds. The van der Waals surface area contributed by atoms with E-state index in [4.69, 9.17) is 9.47 Å². The number of fused-ring (bicyclic) bond motifs is 1. The van der Waals surface area contributed by atoms with E-state index in [2.05, 4.69) is 10.2 Å². The number of nitro benzene ring substituents is 1. The molecule has 2 aliphatic rings. The number of ether oxygens (including phenoxy) is 2. The number of hydrogen-bond acceptors (Lipinski definition) is 8. The summed E-state index contributed by atoms with van der Waals surface area (Å²) in [7, 11) is 0. The molecule has 0 saturated carbocycles. The highest BCUT2D eigenvalue weighted by molar-refractivity contribution is 6.06. The van der Waals surface area contributed by atoms with Crippen LogP contribution in [0.5, 0.6) is 11.5 Å². The van der Waals surface area contributed by atoms with E-state index in [-0.39, 0.29) is 18.1 Å². The van der Waals surface area contributed by atoms with E-state index < -0.39 is 10.8 Å². The van der Waals surface area contributed by atoms with Gasteiger partial charge in [0.2, 0.25) is 6.79 Å². The first kappa shape index (κ1) is 21.1. The second-order valence-corrected chi connectivity index (χ2v) is 7.41. The number of hydrogen-bond donors (Lipinski definition) is 1. The van der Waals surface area contributed by atoms with Crippen molar-refractivity contribution in [3.63, 3.8) is 0 Å². The van der Waals surface area contributed by atoms with Gasteiger partial charge in [0.25, 0.3) is 11.6 Å². The van der Waals surface area contributed by atoms with Crippen molar-refractivity contribution in [1.29, 1.82) is 5.26 Å². The molecule has 0 bridgehead atoms. The molecule has 10 heteroatoms. The summed E-state index contributed by atoms with van der Waals surface area (Å²) < 4.78 is 10.8. The van der Waals surface area contributed by atoms with Gasteiger partial charge in [-0.2, -0.15) is 5.26 Å². The number of nitriles is 1. The van der Waals surface area contributed by atoms with Crippen molar-refractivity contribution in [1.82, 2.24) is 9.80 Å². The predicted molar refractivity (Wildman–Crippen MR) is 115 cm³/mol. The largest absolute Gasteiger partial charge is 0.454 e. The number of piperazine rings is 1. The zero-order chi connectivity index (χ0) is 22.5. The van der Waals surface area contributed by atoms with Crippen LogP contribution in [-0.2, 0) is 11.3 Å². The molecular weight excluding hydrogens is 414 g/mol. The van der Waals surface area contributed by atoms with Gasteiger partial charge in [-0.1, -0.05) is 6.07 Å². The standard InChI is InChI=1S/C22H21N5O5/c23-12-17(22(28)24-18-2-4-19(5-3-18)27(29)30)14-26-9-7-25(8-10-26)13-16-1-6-20-21(11-16)32-15-31-20/h1-6,11,14H,7-10,13,15H2,(H,24,28)/b17-14-. The first-order chi connectivity index (χ1) is 15.5. The molecule has 4 rings (SSSR count). The Morgan fingerprint density at radius 2 is 1.84 bits per heavy atom. The van der Waals surface area contributed by atoms with Crippen molar-refractivity contribution in [2.45, 2.75) is 6.54 Å². The molecule has 1 N–H and O–H groups in total. The van der Waals surface area contributed by atoms with E-state index in [0.29, 0.717) is 18.8 Å². The number of nitrogens with zero attached hydrogens (tertiary/aromatic N) is 4. The second kappa shape index (κ2) is 9.36. The van der Waals surface area contributed by atoms with Crippen molar-refractivity contribution in [3.8, 4) is 17.6 Å². The number of non-ortho nitro benzene ring substituents is 1. The molecule has 2 aromatic rings. The smallest absolute Gasteiger partial charge is 0.269 e. The zero-order valence-electron chi connectivity index (χ0n) is 17.2. The van der Waals surface area contributed by atoms with Gasteiger partial charge in [-0.3, -0.25) is 19.8 Å². The lowest BCUT2D eigenvalue weighted by molar-refractivity contribution is -0.384. The van der Waals surface area contributed by atoms with Crippen LogP contribution in [0.15, 0.2) is 54.2 Å². The lowest BCUT2D eigenvalue weighted by Crippen LogP contribution is -2.43. The van der Waals surface area contributed by atoms with Crippen molar-refractivity contribution >= 4 is 17.3 Å². The van der Waals surface area contributed by atoms with E-state index in [1.54, 1.807) is 6.20 Å². The third-order valence-electron chi connectivity index (χ3n) is 5.26. The molecule has 164 valence electrons. The molecule has 2 aromatic carbocycles. The quantitative estimate of drug-likeness (QED) is 0.318. The average molecular weight is 435 g/mol. The normalized spacial score (nSPS) is 15.8. The fourth-order valence-electron chi connectivity index (χ4n) is 3.53. The molecule has 0 spiro atoms. The monoisotopic (exact) mass is 435 g/mol. The van der Waals surface area contributed by atoms with Gasteiger partial charge in [0, 0.05) is 56.7 Å². The SMILES string of the molecule is N#C/C(=C/N1CCN(Cc2ccc3c(c2)OCO3)CC1)C(=O)Nc1ccc([N+](=O)[O-])cc1. The van der Waals surface area contributed by atoms with Crippen LogP contribution < -0.4 is 14.8 Å². The van der Waals surface area contributed by atoms with Gasteiger partial charge in [0.1, 0.15) is 11.6 Å². The highest BCUT2D eigenvalue weighted by atomic mass is 16.7. The third-order valence-corrected chi connectivity index (χ3v) is 5.26. The minimum atomic E-state index is -0.552. The number of rotatable bonds is 6. The topological polar surface area (TPSA) is 121 Å². The summed E-state index contributed by atoms with van der Waals surface area (Å²) in [6.45, 7) is 3.96. The molecule has 1 fully saturated rings. The molecular formula is C22H21N5O5. The highest BCUT2D eigenvalue weighted by Crippen LogP contribution is 2.32. The summed E-state index contributed by atoms with van der Waals surface area (Å²) >= 11 is 0. The summed E-state index contributed by atoms with van der Waals surface area (Å²) in [5, 5.41) is 22.7. The Hall–Kier alpha value is -4.10. The van der Waals surface area contributed by atoms with E-state index in [1.807, 2.05) is 29.2 Å². The minimum Gasteiger partial charge on any atom is -0.454 e. The lowest BCUT2D eigenvalue weighted by atomic mass is 10.1. The summed E-state index contributed by atoms with van der Waals surface area (Å²) in [6, 6.07) is 13.3. The fraction of sp³-hybridized carbons (Fsp3) is 0.273. The van der Waals surface area contributed by atoms with Crippen LogP contribution >= 0.6 is 0 Å². The number of carbonyl (C=O) groups is 1. The summed E-state index contributed by atoms with van der Waals surface area (Å²) in [5.41, 5.74) is 1.43. The maximum absolute atomic E-state index is 12.4. The van der Waals surface area contributed by atoms with Crippen LogP contribution in [0.3, 0.4) is 0 Å². The summed E-state index contributed by atoms with van der Waals surface area (Å²) in [4.78, 5) is 26.9. The van der Waals surface area contributed by atoms with Gasteiger partial charge < -0.3 is 19.7 Å². The van der Waals surface area contributed by atoms with Gasteiger partial charge in [-0.05, 0) is 29.8 Å². The Kier molecular flexibility index (Phi) is 6.19. The Labute approximate surface area is 184 Å². The zero-order valence-corrected chi connectivity index (χ0v) is 17.2. The molecule has 2 heterocycles. The van der Waals surface area contributed by atoms with Gasteiger partial charge >= 0.3 is 0 Å². The highest BCUT2D eigenvalue weighted by Gasteiger charge is 2.19. The molecule has 0 atom stereocenters. The lowest BCUT2D eigenvalue weighted by Gasteiger charge is -2.34. The van der Waals surface area contributed by atoms with Gasteiger partial charge in [-0.25, -0.2) is 0 Å². The minimum absolute atomic E-state index is 0.0208. The van der Waals surface area contributed by atoms with Crippen molar-refractivity contribution in [2.24, 2.45) is 0 Å². The van der Waals surface area contributed by atoms with E-state index in [1.165, 1.54) is 24.3 Å². The Bertz CT molecular complexity index is 1080. The molecule has 0 radical (unpaired) electrons. The average Bonchev–Trinajstić information content (AvgIpc) is 3.27. The second-order valence-electron chi connectivity index (χ2n) is 7.41. The van der Waals surface area contributed by atoms with Crippen molar-refractivity contribution in [3.05, 3.63) is 69.9 Å². The summed E-state index contributed by atoms with van der Waals surface area (Å²) in [6.07, 6.45) is 1.57. The number of carbonyl (C=O) groups excluding carboxylic acids is 1. The number of amides is 1. The number of nitro groups is 1. The Morgan fingerprint density at radius 1 is 1.12 bits per heavy atom. The van der Waals surface area contributed by atoms with Crippen LogP contribution in [0.4, 0.5) is 11.4 Å². The number of anilines is 1. The number of benzene rings is 2. The predicted octanol–water partition coefficient (Wildman–Crippen LogP) is 2.49. The molecule has 0 aliphatic carbocycles. The maximum atomic E-state index is 12.4. The van der Waals surface area contributed by atoms with Crippen molar-refractivity contribution < 1.29 is 19.2 Å². The van der Waals surface area contributed by atoms with Crippen LogP contribution in [0, 0.1) is 21.4 Å². The van der Waals surface area contributed by atoms with Crippen LogP contribution in [0.2, 0.25) is 0 Å². The molecule has 0 unspecified atom stereocenters. The molecule has 2 aliphatic heterocycles. The van der Waals surface area contributed by atoms with Gasteiger partial charge in [0.05, 0.1) is 4.92 Å². The Balaban J connectivity index is 1.31. The summed E-state index contributed by atoms with van der Waals surface area (Å²) in [5.74, 6) is 0.977. The first-order valence-electron chi connectivity index (χ1n) is 10.0. The van der Waals surface area contributed by atoms with Gasteiger partial charge in [0.15, 0.2) is 11.5 Å². The van der Waals surface area contributed by atoms with Crippen molar-refractivity contribution in [2.75, 3.05) is 38.3 Å². The molecule has 10 nitrogen and oxygen atoms in total. The van der Waals surface area contributed by atoms with E-state index >= 15 is 0 Å². The third kappa shape index (κ3) is 4.96. The fourth-order valence-corrected chi connectivity index (χ4v) is 3.53. The van der Waals surface area contributed by atoms with E-state index in [0.717, 1.165) is 36.7 Å². The molecule has 1 saturated heterocycles. The van der Waals surface area contributed by atoms with Crippen LogP contribution in [0.1, 0.15) is 5.56 Å². The maximum Gasteiger partial charge on any atom is 0.269 e. The van der Waals surface area contributed by atoms with Gasteiger partial charge in [-0.15, -0.1) is 0 Å². The van der Waals surface area contributed by atoms with E-state index in [9.17, 15) is 20.2 Å². The van der Waals surface area contributed by atoms with Crippen LogP contribution in [-0.4, -0.2) is 53.6 Å². The first-order valence-corrected chi connectivity index (χ1v) is 10.0.